The fraction of sp³-hybridized carbons (Fsp3) is 0.323. The van der Waals surface area contributed by atoms with Crippen LogP contribution in [0.4, 0.5) is 4.39 Å². The van der Waals surface area contributed by atoms with Crippen molar-refractivity contribution in [2.45, 2.75) is 50.5 Å². The largest absolute Gasteiger partial charge is 0.467 e. The first-order valence-corrected chi connectivity index (χ1v) is 13.7. The average Bonchev–Trinajstić information content (AvgIpc) is 3.67. The Hall–Kier alpha value is -4.40. The number of rotatable bonds is 7. The minimum absolute atomic E-state index is 0.223. The quantitative estimate of drug-likeness (QED) is 0.265. The van der Waals surface area contributed by atoms with Gasteiger partial charge in [-0.1, -0.05) is 37.5 Å². The zero-order chi connectivity index (χ0) is 27.8. The number of imidazole rings is 1. The molecule has 206 valence electrons. The third-order valence-electron chi connectivity index (χ3n) is 8.07. The topological polar surface area (TPSA) is 93.4 Å². The Morgan fingerprint density at radius 3 is 2.62 bits per heavy atom. The number of aromatic amines is 1. The number of aryl methyl sites for hydroxylation is 1. The average molecular weight is 542 g/mol. The van der Waals surface area contributed by atoms with Crippen LogP contribution in [0.1, 0.15) is 59.8 Å². The van der Waals surface area contributed by atoms with Gasteiger partial charge in [0, 0.05) is 48.1 Å². The molecule has 1 amide bonds. The highest BCUT2D eigenvalue weighted by molar-refractivity contribution is 5.96. The van der Waals surface area contributed by atoms with Crippen LogP contribution in [0.15, 0.2) is 60.8 Å². The maximum atomic E-state index is 13.7. The molecule has 40 heavy (non-hydrogen) atoms. The van der Waals surface area contributed by atoms with Crippen molar-refractivity contribution in [2.75, 3.05) is 7.11 Å². The highest BCUT2D eigenvalue weighted by atomic mass is 19.1. The molecule has 0 aliphatic heterocycles. The summed E-state index contributed by atoms with van der Waals surface area (Å²) >= 11 is 0. The Labute approximate surface area is 231 Å². The van der Waals surface area contributed by atoms with E-state index in [1.165, 1.54) is 25.7 Å². The van der Waals surface area contributed by atoms with Crippen molar-refractivity contribution in [3.63, 3.8) is 0 Å². The number of fused-ring (bicyclic) bond motifs is 2. The van der Waals surface area contributed by atoms with E-state index in [0.29, 0.717) is 0 Å². The first kappa shape index (κ1) is 25.9. The number of esters is 1. The Balaban J connectivity index is 1.34. The maximum absolute atomic E-state index is 13.7. The van der Waals surface area contributed by atoms with Crippen LogP contribution < -0.4 is 5.32 Å². The van der Waals surface area contributed by atoms with Crippen molar-refractivity contribution in [2.24, 2.45) is 7.05 Å². The lowest BCUT2D eigenvalue weighted by Crippen LogP contribution is -2.43. The first-order chi connectivity index (χ1) is 19.4. The molecule has 0 saturated heterocycles. The van der Waals surface area contributed by atoms with Gasteiger partial charge in [-0.15, -0.1) is 0 Å². The van der Waals surface area contributed by atoms with Gasteiger partial charge in [0.1, 0.15) is 17.5 Å². The number of hydrogen-bond acceptors (Lipinski definition) is 4. The van der Waals surface area contributed by atoms with Crippen LogP contribution in [0.5, 0.6) is 0 Å². The fourth-order valence-corrected chi connectivity index (χ4v) is 6.06. The van der Waals surface area contributed by atoms with E-state index in [1.54, 1.807) is 18.2 Å². The van der Waals surface area contributed by atoms with E-state index in [-0.39, 0.29) is 23.8 Å². The predicted octanol–water partition coefficient (Wildman–Crippen LogP) is 5.52. The Morgan fingerprint density at radius 2 is 1.88 bits per heavy atom. The summed E-state index contributed by atoms with van der Waals surface area (Å²) < 4.78 is 22.6. The number of ether oxygens (including phenoxy) is 1. The van der Waals surface area contributed by atoms with Crippen LogP contribution in [-0.4, -0.2) is 44.2 Å². The summed E-state index contributed by atoms with van der Waals surface area (Å²) in [5.74, 6) is -0.979. The van der Waals surface area contributed by atoms with Gasteiger partial charge in [-0.2, -0.15) is 5.10 Å². The second-order valence-corrected chi connectivity index (χ2v) is 10.5. The molecule has 1 aliphatic rings. The molecular weight excluding hydrogens is 509 g/mol. The van der Waals surface area contributed by atoms with E-state index >= 15 is 0 Å². The number of para-hydroxylation sites is 1. The van der Waals surface area contributed by atoms with Gasteiger partial charge in [-0.05, 0) is 48.7 Å². The van der Waals surface area contributed by atoms with Crippen LogP contribution in [0.2, 0.25) is 0 Å². The molecule has 9 heteroatoms. The normalized spacial score (nSPS) is 15.0. The Kier molecular flexibility index (Phi) is 6.88. The van der Waals surface area contributed by atoms with Gasteiger partial charge < -0.3 is 19.6 Å². The van der Waals surface area contributed by atoms with Crippen molar-refractivity contribution in [1.29, 1.82) is 0 Å². The first-order valence-electron chi connectivity index (χ1n) is 13.7. The summed E-state index contributed by atoms with van der Waals surface area (Å²) in [5, 5.41) is 8.59. The number of nitrogens with zero attached hydrogens (tertiary/aromatic N) is 3. The van der Waals surface area contributed by atoms with Gasteiger partial charge in [0.2, 0.25) is 0 Å². The van der Waals surface area contributed by atoms with Gasteiger partial charge >= 0.3 is 5.97 Å². The van der Waals surface area contributed by atoms with Crippen molar-refractivity contribution in [3.8, 4) is 11.3 Å². The minimum Gasteiger partial charge on any atom is -0.467 e. The number of aromatic nitrogens is 4. The van der Waals surface area contributed by atoms with Crippen LogP contribution in [0.25, 0.3) is 27.8 Å². The fourth-order valence-electron chi connectivity index (χ4n) is 6.06. The zero-order valence-corrected chi connectivity index (χ0v) is 22.6. The van der Waals surface area contributed by atoms with Crippen LogP contribution in [0.3, 0.4) is 0 Å². The molecule has 1 aliphatic carbocycles. The van der Waals surface area contributed by atoms with Gasteiger partial charge in [-0.25, -0.2) is 13.7 Å². The van der Waals surface area contributed by atoms with E-state index in [9.17, 15) is 14.0 Å². The second kappa shape index (κ2) is 10.6. The van der Waals surface area contributed by atoms with Crippen LogP contribution >= 0.6 is 0 Å². The Bertz CT molecular complexity index is 1690. The number of hydrogen-bond donors (Lipinski definition) is 2. The van der Waals surface area contributed by atoms with Crippen LogP contribution in [0, 0.1) is 5.82 Å². The molecule has 2 N–H and O–H groups in total. The van der Waals surface area contributed by atoms with Crippen molar-refractivity contribution in [3.05, 3.63) is 83.6 Å². The van der Waals surface area contributed by atoms with Crippen molar-refractivity contribution in [1.82, 2.24) is 24.5 Å². The molecule has 0 radical (unpaired) electrons. The van der Waals surface area contributed by atoms with Crippen LogP contribution in [-0.2, 0) is 23.0 Å². The van der Waals surface area contributed by atoms with E-state index in [2.05, 4.69) is 10.3 Å². The molecule has 3 heterocycles. The summed E-state index contributed by atoms with van der Waals surface area (Å²) in [6.45, 7) is 0. The molecule has 0 bridgehead atoms. The van der Waals surface area contributed by atoms with E-state index < -0.39 is 17.9 Å². The number of benzene rings is 2. The summed E-state index contributed by atoms with van der Waals surface area (Å²) in [6.07, 6.45) is 7.66. The number of nitrogens with one attached hydrogen (secondary N) is 2. The van der Waals surface area contributed by atoms with Gasteiger partial charge in [0.15, 0.2) is 5.69 Å². The van der Waals surface area contributed by atoms with Gasteiger partial charge in [-0.3, -0.25) is 4.79 Å². The SMILES string of the molecule is COC(=O)C(Cc1c[nH]c2ccccc12)NC(=O)c1cc2n(C)c(-c3ccc(F)cc3)c(C3CCCCC3)n2n1. The monoisotopic (exact) mass is 541 g/mol. The molecule has 5 aromatic rings. The lowest BCUT2D eigenvalue weighted by atomic mass is 9.85. The summed E-state index contributed by atoms with van der Waals surface area (Å²) in [7, 11) is 3.26. The Morgan fingerprint density at radius 1 is 1.12 bits per heavy atom. The summed E-state index contributed by atoms with van der Waals surface area (Å²) in [5.41, 5.74) is 5.77. The lowest BCUT2D eigenvalue weighted by molar-refractivity contribution is -0.142. The molecular formula is C31H32FN5O3. The molecule has 1 fully saturated rings. The predicted molar refractivity (Wildman–Crippen MR) is 151 cm³/mol. The molecule has 1 unspecified atom stereocenters. The molecule has 0 spiro atoms. The van der Waals surface area contributed by atoms with Crippen molar-refractivity contribution < 1.29 is 18.7 Å². The zero-order valence-electron chi connectivity index (χ0n) is 22.6. The maximum Gasteiger partial charge on any atom is 0.328 e. The number of carbonyl (C=O) groups is 2. The third kappa shape index (κ3) is 4.65. The molecule has 1 saturated carbocycles. The molecule has 8 nitrogen and oxygen atoms in total. The number of halogens is 1. The van der Waals surface area contributed by atoms with E-state index in [4.69, 9.17) is 9.84 Å². The van der Waals surface area contributed by atoms with E-state index in [0.717, 1.165) is 64.7 Å². The third-order valence-corrected chi connectivity index (χ3v) is 8.07. The molecule has 1 atom stereocenters. The lowest BCUT2D eigenvalue weighted by Gasteiger charge is -2.22. The molecule has 2 aromatic carbocycles. The second-order valence-electron chi connectivity index (χ2n) is 10.5. The summed E-state index contributed by atoms with van der Waals surface area (Å²) in [6, 6.07) is 15.2. The smallest absolute Gasteiger partial charge is 0.328 e. The number of H-pyrrole nitrogens is 1. The highest BCUT2D eigenvalue weighted by Gasteiger charge is 2.30. The summed E-state index contributed by atoms with van der Waals surface area (Å²) in [4.78, 5) is 29.4. The number of carbonyl (C=O) groups excluding carboxylic acids is 2. The van der Waals surface area contributed by atoms with E-state index in [1.807, 2.05) is 46.6 Å². The minimum atomic E-state index is -0.880. The number of amides is 1. The molecule has 6 rings (SSSR count). The molecule has 3 aromatic heterocycles. The van der Waals surface area contributed by atoms with Gasteiger partial charge in [0.25, 0.3) is 5.91 Å². The standard InChI is InChI=1S/C31H32FN5O3/c1-36-27-17-25(30(38)34-26(31(39)40-2)16-21-18-33-24-11-7-6-10-23(21)24)35-37(27)29(19-8-4-3-5-9-19)28(36)20-12-14-22(32)15-13-20/h6-7,10-15,17-19,26,33H,3-5,8-9,16H2,1-2H3,(H,34,38). The highest BCUT2D eigenvalue weighted by Crippen LogP contribution is 2.39. The number of methoxy groups -OCH3 is 1. The van der Waals surface area contributed by atoms with Crippen molar-refractivity contribution >= 4 is 28.4 Å². The van der Waals surface area contributed by atoms with Gasteiger partial charge in [0.05, 0.1) is 18.5 Å².